The molecule has 1 amide bonds. The molecule has 2 N–H and O–H groups in total. The molecule has 0 saturated heterocycles. The minimum absolute atomic E-state index is 0.0665. The van der Waals surface area contributed by atoms with Gasteiger partial charge in [-0.15, -0.1) is 0 Å². The second-order valence-corrected chi connectivity index (χ2v) is 9.41. The number of nitro groups is 1. The Kier molecular flexibility index (Phi) is 6.83. The summed E-state index contributed by atoms with van der Waals surface area (Å²) in [7, 11) is 1.42. The van der Waals surface area contributed by atoms with E-state index in [0.717, 1.165) is 16.0 Å². The average molecular weight is 430 g/mol. The maximum absolute atomic E-state index is 12.4. The lowest BCUT2D eigenvalue weighted by Crippen LogP contribution is -2.34. The summed E-state index contributed by atoms with van der Waals surface area (Å²) in [6, 6.07) is 10.0. The zero-order chi connectivity index (χ0) is 23.6. The molecule has 0 aromatic heterocycles. The number of hydrogen-bond donors (Lipinski definition) is 1. The van der Waals surface area contributed by atoms with Gasteiger partial charge in [-0.3, -0.25) is 15.0 Å². The van der Waals surface area contributed by atoms with E-state index in [9.17, 15) is 14.9 Å². The number of nitro benzene ring substituents is 1. The van der Waals surface area contributed by atoms with Crippen molar-refractivity contribution < 1.29 is 19.2 Å². The molecule has 8 nitrogen and oxygen atoms in total. The first-order valence-corrected chi connectivity index (χ1v) is 9.96. The number of nitrogens with two attached hydrogens (primary N) is 1. The van der Waals surface area contributed by atoms with Gasteiger partial charge in [0.25, 0.3) is 5.69 Å². The lowest BCUT2D eigenvalue weighted by molar-refractivity contribution is -0.384. The first-order valence-electron chi connectivity index (χ1n) is 9.96. The molecule has 0 saturated carbocycles. The van der Waals surface area contributed by atoms with Gasteiger partial charge in [-0.2, -0.15) is 0 Å². The predicted molar refractivity (Wildman–Crippen MR) is 122 cm³/mol. The maximum Gasteiger partial charge on any atom is 0.414 e. The predicted octanol–water partition coefficient (Wildman–Crippen LogP) is 5.42. The van der Waals surface area contributed by atoms with E-state index in [-0.39, 0.29) is 23.4 Å². The molecule has 0 aliphatic heterocycles. The van der Waals surface area contributed by atoms with Crippen LogP contribution in [0.2, 0.25) is 0 Å². The van der Waals surface area contributed by atoms with Crippen molar-refractivity contribution in [2.45, 2.75) is 59.2 Å². The SMILES string of the molecule is CN(C(=O)OC(C)(C)C)c1cc(OCc2ccc(C(C)(C)C)c(N)c2)ccc1[N+](=O)[O-]. The Hall–Kier alpha value is -3.29. The smallest absolute Gasteiger partial charge is 0.414 e. The molecule has 0 heterocycles. The molecule has 0 aliphatic rings. The maximum atomic E-state index is 12.4. The van der Waals surface area contributed by atoms with E-state index in [0.29, 0.717) is 11.4 Å². The highest BCUT2D eigenvalue weighted by Gasteiger charge is 2.26. The molecule has 168 valence electrons. The average Bonchev–Trinajstić information content (AvgIpc) is 2.63. The summed E-state index contributed by atoms with van der Waals surface area (Å²) in [4.78, 5) is 24.4. The van der Waals surface area contributed by atoms with Gasteiger partial charge in [0, 0.05) is 24.9 Å². The molecule has 0 unspecified atom stereocenters. The number of hydrogen-bond acceptors (Lipinski definition) is 6. The molecule has 0 bridgehead atoms. The summed E-state index contributed by atoms with van der Waals surface area (Å²) in [5, 5.41) is 11.4. The van der Waals surface area contributed by atoms with Crippen molar-refractivity contribution in [2.75, 3.05) is 17.7 Å². The number of carbonyl (C=O) groups excluding carboxylic acids is 1. The molecule has 8 heteroatoms. The van der Waals surface area contributed by atoms with Gasteiger partial charge >= 0.3 is 6.09 Å². The van der Waals surface area contributed by atoms with Crippen LogP contribution in [0, 0.1) is 10.1 Å². The van der Waals surface area contributed by atoms with Crippen LogP contribution in [0.25, 0.3) is 0 Å². The molecular weight excluding hydrogens is 398 g/mol. The topological polar surface area (TPSA) is 108 Å². The van der Waals surface area contributed by atoms with E-state index in [4.69, 9.17) is 15.2 Å². The summed E-state index contributed by atoms with van der Waals surface area (Å²) in [6.45, 7) is 11.7. The van der Waals surface area contributed by atoms with Crippen LogP contribution in [0.3, 0.4) is 0 Å². The normalized spacial score (nSPS) is 11.7. The van der Waals surface area contributed by atoms with E-state index in [1.54, 1.807) is 20.8 Å². The Morgan fingerprint density at radius 2 is 1.74 bits per heavy atom. The Morgan fingerprint density at radius 1 is 1.10 bits per heavy atom. The lowest BCUT2D eigenvalue weighted by atomic mass is 9.85. The van der Waals surface area contributed by atoms with Crippen LogP contribution >= 0.6 is 0 Å². The minimum atomic E-state index is -0.729. The van der Waals surface area contributed by atoms with E-state index in [2.05, 4.69) is 20.8 Å². The molecule has 2 aromatic rings. The third kappa shape index (κ3) is 6.34. The molecule has 2 rings (SSSR count). The van der Waals surface area contributed by atoms with Crippen LogP contribution in [0.4, 0.5) is 21.9 Å². The van der Waals surface area contributed by atoms with E-state index >= 15 is 0 Å². The van der Waals surface area contributed by atoms with Gasteiger partial charge in [0.05, 0.1) is 4.92 Å². The van der Waals surface area contributed by atoms with E-state index in [1.807, 2.05) is 18.2 Å². The van der Waals surface area contributed by atoms with Crippen molar-refractivity contribution in [3.8, 4) is 5.75 Å². The van der Waals surface area contributed by atoms with Gasteiger partial charge in [0.15, 0.2) is 0 Å². The van der Waals surface area contributed by atoms with Crippen molar-refractivity contribution in [3.63, 3.8) is 0 Å². The van der Waals surface area contributed by atoms with Gasteiger partial charge in [-0.05, 0) is 49.4 Å². The van der Waals surface area contributed by atoms with Gasteiger partial charge in [-0.25, -0.2) is 4.79 Å². The third-order valence-electron chi connectivity index (χ3n) is 4.50. The highest BCUT2D eigenvalue weighted by Crippen LogP contribution is 2.33. The van der Waals surface area contributed by atoms with Crippen LogP contribution in [0.5, 0.6) is 5.75 Å². The number of amides is 1. The van der Waals surface area contributed by atoms with Crippen LogP contribution in [-0.4, -0.2) is 23.7 Å². The molecule has 0 radical (unpaired) electrons. The quantitative estimate of drug-likeness (QED) is 0.386. The summed E-state index contributed by atoms with van der Waals surface area (Å²) in [6.07, 6.45) is -0.696. The van der Waals surface area contributed by atoms with Crippen LogP contribution < -0.4 is 15.4 Å². The largest absolute Gasteiger partial charge is 0.489 e. The summed E-state index contributed by atoms with van der Waals surface area (Å²) in [5.41, 5.74) is 7.85. The van der Waals surface area contributed by atoms with Crippen LogP contribution in [0.15, 0.2) is 36.4 Å². The fourth-order valence-electron chi connectivity index (χ4n) is 3.00. The van der Waals surface area contributed by atoms with Crippen LogP contribution in [-0.2, 0) is 16.8 Å². The number of anilines is 2. The van der Waals surface area contributed by atoms with Crippen molar-refractivity contribution in [1.29, 1.82) is 0 Å². The first kappa shape index (κ1) is 24.0. The van der Waals surface area contributed by atoms with Crippen molar-refractivity contribution >= 4 is 23.2 Å². The number of nitrogen functional groups attached to an aromatic ring is 1. The molecule has 0 atom stereocenters. The second kappa shape index (κ2) is 8.83. The Balaban J connectivity index is 2.25. The van der Waals surface area contributed by atoms with Crippen molar-refractivity contribution in [3.05, 3.63) is 57.6 Å². The molecular formula is C23H31N3O5. The Labute approximate surface area is 183 Å². The summed E-state index contributed by atoms with van der Waals surface area (Å²) < 4.78 is 11.1. The molecule has 0 spiro atoms. The third-order valence-corrected chi connectivity index (χ3v) is 4.50. The van der Waals surface area contributed by atoms with E-state index < -0.39 is 16.6 Å². The first-order chi connectivity index (χ1) is 14.2. The number of nitrogens with zero attached hydrogens (tertiary/aromatic N) is 2. The summed E-state index contributed by atoms with van der Waals surface area (Å²) >= 11 is 0. The van der Waals surface area contributed by atoms with Gasteiger partial charge in [0.2, 0.25) is 0 Å². The second-order valence-electron chi connectivity index (χ2n) is 9.41. The number of benzene rings is 2. The number of ether oxygens (including phenoxy) is 2. The van der Waals surface area contributed by atoms with Gasteiger partial charge < -0.3 is 15.2 Å². The zero-order valence-electron chi connectivity index (χ0n) is 19.2. The minimum Gasteiger partial charge on any atom is -0.489 e. The molecule has 0 fully saturated rings. The standard InChI is InChI=1S/C23H31N3O5/c1-22(2,3)17-10-8-15(12-18(17)24)14-30-16-9-11-19(26(28)29)20(13-16)25(7)21(27)31-23(4,5)6/h8-13H,14,24H2,1-7H3. The summed E-state index contributed by atoms with van der Waals surface area (Å²) in [5.74, 6) is 0.384. The number of rotatable bonds is 5. The van der Waals surface area contributed by atoms with Gasteiger partial charge in [-0.1, -0.05) is 32.9 Å². The van der Waals surface area contributed by atoms with Crippen molar-refractivity contribution in [1.82, 2.24) is 0 Å². The fourth-order valence-corrected chi connectivity index (χ4v) is 3.00. The Bertz CT molecular complexity index is 974. The van der Waals surface area contributed by atoms with Crippen molar-refractivity contribution in [2.24, 2.45) is 0 Å². The van der Waals surface area contributed by atoms with E-state index in [1.165, 1.54) is 25.2 Å². The fraction of sp³-hybridized carbons (Fsp3) is 0.435. The van der Waals surface area contributed by atoms with Crippen LogP contribution in [0.1, 0.15) is 52.7 Å². The molecule has 0 aliphatic carbocycles. The molecule has 2 aromatic carbocycles. The lowest BCUT2D eigenvalue weighted by Gasteiger charge is -2.24. The van der Waals surface area contributed by atoms with Gasteiger partial charge in [0.1, 0.15) is 23.6 Å². The highest BCUT2D eigenvalue weighted by atomic mass is 16.6. The monoisotopic (exact) mass is 429 g/mol. The number of carbonyl (C=O) groups is 1. The molecule has 31 heavy (non-hydrogen) atoms. The highest BCUT2D eigenvalue weighted by molar-refractivity contribution is 5.90. The zero-order valence-corrected chi connectivity index (χ0v) is 19.2. The Morgan fingerprint density at radius 3 is 2.26 bits per heavy atom.